The molecule has 0 saturated heterocycles. The summed E-state index contributed by atoms with van der Waals surface area (Å²) in [6.45, 7) is 6.41. The third-order valence-electron chi connectivity index (χ3n) is 2.94. The van der Waals surface area contributed by atoms with Crippen LogP contribution in [0, 0.1) is 13.8 Å². The minimum atomic E-state index is 0.607. The highest BCUT2D eigenvalue weighted by Gasteiger charge is 2.01. The van der Waals surface area contributed by atoms with Crippen LogP contribution in [0.1, 0.15) is 23.6 Å². The zero-order valence-corrected chi connectivity index (χ0v) is 12.7. The van der Waals surface area contributed by atoms with Crippen molar-refractivity contribution in [3.63, 3.8) is 0 Å². The van der Waals surface area contributed by atoms with Crippen molar-refractivity contribution in [1.29, 1.82) is 0 Å². The van der Waals surface area contributed by atoms with Gasteiger partial charge in [-0.15, -0.1) is 0 Å². The first kappa shape index (κ1) is 14.6. The van der Waals surface area contributed by atoms with E-state index < -0.39 is 0 Å². The Kier molecular flexibility index (Phi) is 5.17. The van der Waals surface area contributed by atoms with Gasteiger partial charge in [-0.3, -0.25) is 4.68 Å². The van der Waals surface area contributed by atoms with Crippen molar-refractivity contribution in [2.24, 2.45) is 0 Å². The monoisotopic (exact) mass is 292 g/mol. The van der Waals surface area contributed by atoms with Crippen molar-refractivity contribution in [3.05, 3.63) is 41.6 Å². The third-order valence-corrected chi connectivity index (χ3v) is 3.23. The first-order chi connectivity index (χ1) is 9.65. The smallest absolute Gasteiger partial charge is 0.166 e. The number of nitrogens with one attached hydrogen (secondary N) is 2. The van der Waals surface area contributed by atoms with E-state index in [-0.39, 0.29) is 0 Å². The molecule has 0 bridgehead atoms. The van der Waals surface area contributed by atoms with Gasteiger partial charge in [0.05, 0.1) is 18.5 Å². The molecule has 0 unspecified atom stereocenters. The van der Waals surface area contributed by atoms with Crippen LogP contribution in [0.25, 0.3) is 0 Å². The lowest BCUT2D eigenvalue weighted by Gasteiger charge is -2.10. The molecule has 0 amide bonds. The highest BCUT2D eigenvalue weighted by atomic mass is 32.1. The van der Waals surface area contributed by atoms with Crippen molar-refractivity contribution in [3.8, 4) is 0 Å². The molecule has 0 aliphatic rings. The lowest BCUT2D eigenvalue weighted by atomic mass is 10.4. The maximum atomic E-state index is 5.22. The highest BCUT2D eigenvalue weighted by molar-refractivity contribution is 7.80. The maximum Gasteiger partial charge on any atom is 0.166 e. The molecular formula is C14H20N4OS. The van der Waals surface area contributed by atoms with E-state index in [4.69, 9.17) is 16.6 Å². The summed E-state index contributed by atoms with van der Waals surface area (Å²) < 4.78 is 7.25. The predicted octanol–water partition coefficient (Wildman–Crippen LogP) is 2.15. The Morgan fingerprint density at radius 1 is 1.40 bits per heavy atom. The van der Waals surface area contributed by atoms with Gasteiger partial charge in [-0.2, -0.15) is 5.10 Å². The Hall–Kier alpha value is -1.82. The maximum absolute atomic E-state index is 5.22. The Bertz CT molecular complexity index is 548. The largest absolute Gasteiger partial charge is 0.467 e. The van der Waals surface area contributed by atoms with Gasteiger partial charge in [0.2, 0.25) is 0 Å². The molecule has 0 aromatic carbocycles. The Morgan fingerprint density at radius 3 is 2.90 bits per heavy atom. The molecule has 0 aliphatic heterocycles. The average molecular weight is 292 g/mol. The van der Waals surface area contributed by atoms with Crippen molar-refractivity contribution in [1.82, 2.24) is 20.4 Å². The minimum Gasteiger partial charge on any atom is -0.467 e. The van der Waals surface area contributed by atoms with Crippen LogP contribution < -0.4 is 10.6 Å². The van der Waals surface area contributed by atoms with E-state index in [1.807, 2.05) is 23.7 Å². The Balaban J connectivity index is 1.61. The summed E-state index contributed by atoms with van der Waals surface area (Å²) in [6.07, 6.45) is 2.63. The van der Waals surface area contributed by atoms with Gasteiger partial charge in [0.1, 0.15) is 5.76 Å². The van der Waals surface area contributed by atoms with E-state index in [2.05, 4.69) is 28.7 Å². The molecule has 2 aromatic heterocycles. The van der Waals surface area contributed by atoms with Crippen molar-refractivity contribution in [2.75, 3.05) is 6.54 Å². The van der Waals surface area contributed by atoms with Gasteiger partial charge in [-0.05, 0) is 50.7 Å². The SMILES string of the molecule is Cc1cc(C)n(CCCNC(=S)NCc2ccco2)n1. The van der Waals surface area contributed by atoms with E-state index in [1.54, 1.807) is 6.26 Å². The number of aryl methyl sites for hydroxylation is 3. The van der Waals surface area contributed by atoms with Crippen molar-refractivity contribution in [2.45, 2.75) is 33.4 Å². The molecule has 20 heavy (non-hydrogen) atoms. The van der Waals surface area contributed by atoms with Crippen molar-refractivity contribution < 1.29 is 4.42 Å². The van der Waals surface area contributed by atoms with Gasteiger partial charge in [0.25, 0.3) is 0 Å². The Morgan fingerprint density at radius 2 is 2.25 bits per heavy atom. The number of aromatic nitrogens is 2. The van der Waals surface area contributed by atoms with Crippen LogP contribution in [0.5, 0.6) is 0 Å². The molecule has 0 saturated carbocycles. The predicted molar refractivity (Wildman–Crippen MR) is 82.5 cm³/mol. The summed E-state index contributed by atoms with van der Waals surface area (Å²) in [5, 5.41) is 11.4. The molecule has 0 atom stereocenters. The fraction of sp³-hybridized carbons (Fsp3) is 0.429. The van der Waals surface area contributed by atoms with Gasteiger partial charge in [0, 0.05) is 18.8 Å². The molecule has 2 aromatic rings. The van der Waals surface area contributed by atoms with Crippen LogP contribution in [-0.2, 0) is 13.1 Å². The molecular weight excluding hydrogens is 272 g/mol. The molecule has 108 valence electrons. The zero-order chi connectivity index (χ0) is 14.4. The standard InChI is InChI=1S/C14H20N4OS/c1-11-9-12(2)18(17-11)7-4-6-15-14(20)16-10-13-5-3-8-19-13/h3,5,8-9H,4,6-7,10H2,1-2H3,(H2,15,16,20). The number of nitrogens with zero attached hydrogens (tertiary/aromatic N) is 2. The number of hydrogen-bond donors (Lipinski definition) is 2. The van der Waals surface area contributed by atoms with Crippen LogP contribution in [-0.4, -0.2) is 21.4 Å². The summed E-state index contributed by atoms with van der Waals surface area (Å²) in [4.78, 5) is 0. The quantitative estimate of drug-likeness (QED) is 0.631. The van der Waals surface area contributed by atoms with Crippen LogP contribution in [0.2, 0.25) is 0 Å². The van der Waals surface area contributed by atoms with Gasteiger partial charge in [-0.25, -0.2) is 0 Å². The summed E-state index contributed by atoms with van der Waals surface area (Å²) >= 11 is 5.20. The van der Waals surface area contributed by atoms with E-state index in [9.17, 15) is 0 Å². The number of rotatable bonds is 6. The lowest BCUT2D eigenvalue weighted by molar-refractivity contribution is 0.501. The summed E-state index contributed by atoms with van der Waals surface area (Å²) in [5.74, 6) is 0.872. The highest BCUT2D eigenvalue weighted by Crippen LogP contribution is 2.02. The van der Waals surface area contributed by atoms with Gasteiger partial charge >= 0.3 is 0 Å². The number of hydrogen-bond acceptors (Lipinski definition) is 3. The van der Waals surface area contributed by atoms with Crippen molar-refractivity contribution >= 4 is 17.3 Å². The zero-order valence-electron chi connectivity index (χ0n) is 11.8. The van der Waals surface area contributed by atoms with Crippen LogP contribution >= 0.6 is 12.2 Å². The van der Waals surface area contributed by atoms with Gasteiger partial charge in [0.15, 0.2) is 5.11 Å². The number of furan rings is 1. The van der Waals surface area contributed by atoms with E-state index in [0.717, 1.165) is 31.0 Å². The summed E-state index contributed by atoms with van der Waals surface area (Å²) in [7, 11) is 0. The first-order valence-electron chi connectivity index (χ1n) is 6.70. The molecule has 0 radical (unpaired) electrons. The van der Waals surface area contributed by atoms with Crippen LogP contribution in [0.15, 0.2) is 28.9 Å². The second-order valence-corrected chi connectivity index (χ2v) is 5.10. The molecule has 0 spiro atoms. The van der Waals surface area contributed by atoms with E-state index in [0.29, 0.717) is 11.7 Å². The molecule has 6 heteroatoms. The molecule has 0 fully saturated rings. The normalized spacial score (nSPS) is 10.5. The second-order valence-electron chi connectivity index (χ2n) is 4.69. The van der Waals surface area contributed by atoms with Gasteiger partial charge < -0.3 is 15.1 Å². The van der Waals surface area contributed by atoms with Crippen LogP contribution in [0.3, 0.4) is 0 Å². The first-order valence-corrected chi connectivity index (χ1v) is 7.11. The Labute approximate surface area is 124 Å². The van der Waals surface area contributed by atoms with E-state index >= 15 is 0 Å². The summed E-state index contributed by atoms with van der Waals surface area (Å²) in [5.41, 5.74) is 2.26. The average Bonchev–Trinajstić information content (AvgIpc) is 3.02. The number of thiocarbonyl (C=S) groups is 1. The fourth-order valence-corrected chi connectivity index (χ4v) is 2.15. The molecule has 0 aliphatic carbocycles. The molecule has 2 heterocycles. The fourth-order valence-electron chi connectivity index (χ4n) is 1.98. The van der Waals surface area contributed by atoms with Crippen LogP contribution in [0.4, 0.5) is 0 Å². The second kappa shape index (κ2) is 7.09. The molecule has 2 rings (SSSR count). The van der Waals surface area contributed by atoms with Gasteiger partial charge in [-0.1, -0.05) is 0 Å². The van der Waals surface area contributed by atoms with E-state index in [1.165, 1.54) is 5.69 Å². The lowest BCUT2D eigenvalue weighted by Crippen LogP contribution is -2.35. The third kappa shape index (κ3) is 4.38. The topological polar surface area (TPSA) is 55.0 Å². The minimum absolute atomic E-state index is 0.607. The summed E-state index contributed by atoms with van der Waals surface area (Å²) in [6, 6.07) is 5.86. The molecule has 2 N–H and O–H groups in total. The molecule has 5 nitrogen and oxygen atoms in total.